The maximum atomic E-state index is 12.7. The van der Waals surface area contributed by atoms with Crippen LogP contribution in [0.3, 0.4) is 0 Å². The highest BCUT2D eigenvalue weighted by Gasteiger charge is 2.22. The molecule has 6 nitrogen and oxygen atoms in total. The van der Waals surface area contributed by atoms with Gasteiger partial charge in [0, 0.05) is 32.1 Å². The molecule has 0 aliphatic carbocycles. The molecule has 0 atom stereocenters. The minimum absolute atomic E-state index is 0.0190. The van der Waals surface area contributed by atoms with Gasteiger partial charge in [-0.1, -0.05) is 12.1 Å². The van der Waals surface area contributed by atoms with E-state index in [9.17, 15) is 13.2 Å². The van der Waals surface area contributed by atoms with E-state index >= 15 is 0 Å². The fourth-order valence-corrected chi connectivity index (χ4v) is 5.76. The zero-order valence-corrected chi connectivity index (χ0v) is 17.9. The van der Waals surface area contributed by atoms with Gasteiger partial charge < -0.3 is 4.90 Å². The Hall–Kier alpha value is -2.29. The van der Waals surface area contributed by atoms with Gasteiger partial charge in [-0.3, -0.25) is 4.79 Å². The third-order valence-corrected chi connectivity index (χ3v) is 7.61. The second-order valence-corrected chi connectivity index (χ2v) is 10.0. The lowest BCUT2D eigenvalue weighted by Gasteiger charge is -2.28. The summed E-state index contributed by atoms with van der Waals surface area (Å²) >= 11 is 1.65. The number of nitrogens with one attached hydrogen (secondary N) is 1. The Balaban J connectivity index is 1.39. The molecule has 1 aliphatic heterocycles. The summed E-state index contributed by atoms with van der Waals surface area (Å²) < 4.78 is 29.2. The molecule has 0 radical (unpaired) electrons. The predicted octanol–water partition coefficient (Wildman–Crippen LogP) is 3.51. The van der Waals surface area contributed by atoms with Gasteiger partial charge in [-0.05, 0) is 55.2 Å². The Morgan fingerprint density at radius 3 is 2.86 bits per heavy atom. The number of anilines is 1. The van der Waals surface area contributed by atoms with Gasteiger partial charge in [-0.15, -0.1) is 11.3 Å². The van der Waals surface area contributed by atoms with Gasteiger partial charge in [0.15, 0.2) is 0 Å². The Morgan fingerprint density at radius 1 is 1.24 bits per heavy atom. The van der Waals surface area contributed by atoms with Crippen molar-refractivity contribution in [2.45, 2.75) is 37.5 Å². The summed E-state index contributed by atoms with van der Waals surface area (Å²) in [5.74, 6) is -0.0190. The predicted molar refractivity (Wildman–Crippen MR) is 116 cm³/mol. The van der Waals surface area contributed by atoms with Gasteiger partial charge in [0.05, 0.1) is 20.1 Å². The van der Waals surface area contributed by atoms with Crippen LogP contribution in [0.5, 0.6) is 0 Å². The summed E-state index contributed by atoms with van der Waals surface area (Å²) in [6.45, 7) is 2.57. The molecule has 152 valence electrons. The summed E-state index contributed by atoms with van der Waals surface area (Å²) in [4.78, 5) is 18.3. The molecule has 0 saturated carbocycles. The van der Waals surface area contributed by atoms with Crippen LogP contribution in [0.15, 0.2) is 47.4 Å². The van der Waals surface area contributed by atoms with Crippen molar-refractivity contribution in [2.75, 3.05) is 18.0 Å². The van der Waals surface area contributed by atoms with E-state index in [4.69, 9.17) is 0 Å². The molecule has 8 heteroatoms. The molecule has 1 amide bonds. The largest absolute Gasteiger partial charge is 0.312 e. The van der Waals surface area contributed by atoms with Gasteiger partial charge >= 0.3 is 0 Å². The number of nitrogens with zero attached hydrogens (tertiary/aromatic N) is 2. The minimum Gasteiger partial charge on any atom is -0.312 e. The summed E-state index contributed by atoms with van der Waals surface area (Å²) in [5.41, 5.74) is 2.71. The van der Waals surface area contributed by atoms with E-state index in [0.29, 0.717) is 19.5 Å². The van der Waals surface area contributed by atoms with Crippen LogP contribution in [-0.4, -0.2) is 32.4 Å². The minimum atomic E-state index is -3.58. The topological polar surface area (TPSA) is 79.4 Å². The highest BCUT2D eigenvalue weighted by Crippen LogP contribution is 2.29. The number of hydrogen-bond acceptors (Lipinski definition) is 5. The lowest BCUT2D eigenvalue weighted by Crippen LogP contribution is -2.33. The summed E-state index contributed by atoms with van der Waals surface area (Å²) in [5, 5.41) is 1.02. The molecule has 0 unspecified atom stereocenters. The standard InChI is InChI=1S/C21H23N3O3S2/c1-15(25)24-13-5-6-16-14-17(10-11-19(16)24)29(26,27)22-12-4-9-21-23-18-7-2-3-8-20(18)28-21/h2-3,7-8,10-11,14,22H,4-6,9,12-13H2,1H3. The molecule has 29 heavy (non-hydrogen) atoms. The van der Waals surface area contributed by atoms with Gasteiger partial charge in [0.25, 0.3) is 0 Å². The van der Waals surface area contributed by atoms with E-state index in [0.717, 1.165) is 45.7 Å². The lowest BCUT2D eigenvalue weighted by atomic mass is 10.0. The summed E-state index contributed by atoms with van der Waals surface area (Å²) in [6, 6.07) is 13.0. The molecule has 2 heterocycles. The molecule has 0 bridgehead atoms. The van der Waals surface area contributed by atoms with Crippen molar-refractivity contribution in [1.82, 2.24) is 9.71 Å². The molecule has 2 aromatic carbocycles. The average molecular weight is 430 g/mol. The monoisotopic (exact) mass is 429 g/mol. The number of aromatic nitrogens is 1. The number of carbonyl (C=O) groups excluding carboxylic acids is 1. The first-order valence-electron chi connectivity index (χ1n) is 9.69. The normalized spacial score (nSPS) is 14.2. The summed E-state index contributed by atoms with van der Waals surface area (Å²) in [6.07, 6.45) is 3.04. The number of benzene rings is 2. The first-order chi connectivity index (χ1) is 13.9. The number of carbonyl (C=O) groups is 1. The molecule has 3 aromatic rings. The van der Waals surface area contributed by atoms with Crippen LogP contribution in [0, 0.1) is 0 Å². The highest BCUT2D eigenvalue weighted by atomic mass is 32.2. The first kappa shape index (κ1) is 20.0. The van der Waals surface area contributed by atoms with Gasteiger partial charge in [-0.25, -0.2) is 18.1 Å². The molecule has 1 aromatic heterocycles. The van der Waals surface area contributed by atoms with Crippen LogP contribution < -0.4 is 9.62 Å². The van der Waals surface area contributed by atoms with Gasteiger partial charge in [-0.2, -0.15) is 0 Å². The van der Waals surface area contributed by atoms with Crippen LogP contribution in [0.4, 0.5) is 5.69 Å². The fourth-order valence-electron chi connectivity index (χ4n) is 3.62. The van der Waals surface area contributed by atoms with Crippen LogP contribution in [0.1, 0.15) is 30.3 Å². The highest BCUT2D eigenvalue weighted by molar-refractivity contribution is 7.89. The van der Waals surface area contributed by atoms with Crippen molar-refractivity contribution in [3.63, 3.8) is 0 Å². The van der Waals surface area contributed by atoms with Gasteiger partial charge in [0.2, 0.25) is 15.9 Å². The third kappa shape index (κ3) is 4.34. The van der Waals surface area contributed by atoms with E-state index in [1.165, 1.54) is 6.92 Å². The fraction of sp³-hybridized carbons (Fsp3) is 0.333. The number of fused-ring (bicyclic) bond motifs is 2. The molecule has 1 N–H and O–H groups in total. The second kappa shape index (κ2) is 8.22. The molecular formula is C21H23N3O3S2. The third-order valence-electron chi connectivity index (χ3n) is 5.06. The summed E-state index contributed by atoms with van der Waals surface area (Å²) in [7, 11) is -3.58. The zero-order chi connectivity index (χ0) is 20.4. The van der Waals surface area contributed by atoms with Crippen molar-refractivity contribution in [3.8, 4) is 0 Å². The Bertz CT molecular complexity index is 1120. The first-order valence-corrected chi connectivity index (χ1v) is 12.0. The Labute approximate surface area is 174 Å². The zero-order valence-electron chi connectivity index (χ0n) is 16.2. The SMILES string of the molecule is CC(=O)N1CCCc2cc(S(=O)(=O)NCCCc3nc4ccccc4s3)ccc21. The van der Waals surface area contributed by atoms with E-state index in [2.05, 4.69) is 9.71 Å². The van der Waals surface area contributed by atoms with Crippen molar-refractivity contribution in [1.29, 1.82) is 0 Å². The molecule has 0 saturated heterocycles. The van der Waals surface area contributed by atoms with Crippen molar-refractivity contribution in [2.24, 2.45) is 0 Å². The molecule has 0 fully saturated rings. The van der Waals surface area contributed by atoms with Crippen molar-refractivity contribution < 1.29 is 13.2 Å². The van der Waals surface area contributed by atoms with Crippen LogP contribution >= 0.6 is 11.3 Å². The number of aryl methyl sites for hydroxylation is 2. The lowest BCUT2D eigenvalue weighted by molar-refractivity contribution is -0.116. The van der Waals surface area contributed by atoms with E-state index in [1.54, 1.807) is 34.4 Å². The maximum absolute atomic E-state index is 12.7. The van der Waals surface area contributed by atoms with E-state index < -0.39 is 10.0 Å². The van der Waals surface area contributed by atoms with Crippen LogP contribution in [0.2, 0.25) is 0 Å². The number of amides is 1. The maximum Gasteiger partial charge on any atom is 0.240 e. The van der Waals surface area contributed by atoms with Gasteiger partial charge in [0.1, 0.15) is 0 Å². The number of rotatable bonds is 6. The van der Waals surface area contributed by atoms with E-state index in [1.807, 2.05) is 24.3 Å². The number of thiazole rings is 1. The number of hydrogen-bond donors (Lipinski definition) is 1. The molecule has 1 aliphatic rings. The number of para-hydroxylation sites is 1. The quantitative estimate of drug-likeness (QED) is 0.608. The average Bonchev–Trinajstić information content (AvgIpc) is 3.13. The molecular weight excluding hydrogens is 406 g/mol. The molecule has 4 rings (SSSR count). The van der Waals surface area contributed by atoms with Crippen molar-refractivity contribution in [3.05, 3.63) is 53.0 Å². The Kier molecular flexibility index (Phi) is 5.67. The number of sulfonamides is 1. The second-order valence-electron chi connectivity index (χ2n) is 7.14. The Morgan fingerprint density at radius 2 is 2.07 bits per heavy atom. The van der Waals surface area contributed by atoms with Crippen LogP contribution in [-0.2, 0) is 27.7 Å². The van der Waals surface area contributed by atoms with Crippen molar-refractivity contribution >= 4 is 43.2 Å². The smallest absolute Gasteiger partial charge is 0.240 e. The van der Waals surface area contributed by atoms with E-state index in [-0.39, 0.29) is 10.8 Å². The van der Waals surface area contributed by atoms with Crippen LogP contribution in [0.25, 0.3) is 10.2 Å². The molecule has 0 spiro atoms.